The second kappa shape index (κ2) is 8.22. The van der Waals surface area contributed by atoms with Gasteiger partial charge in [-0.15, -0.1) is 0 Å². The van der Waals surface area contributed by atoms with Crippen molar-refractivity contribution in [3.05, 3.63) is 71.1 Å². The molecule has 0 bridgehead atoms. The summed E-state index contributed by atoms with van der Waals surface area (Å²) in [5.41, 5.74) is 0.579. The molecule has 0 spiro atoms. The number of nitrogens with one attached hydrogen (secondary N) is 2. The fraction of sp³-hybridized carbons (Fsp3) is 0.167. The zero-order valence-electron chi connectivity index (χ0n) is 14.0. The van der Waals surface area contributed by atoms with Crippen molar-refractivity contribution in [2.24, 2.45) is 0 Å². The van der Waals surface area contributed by atoms with E-state index in [0.717, 1.165) is 24.1 Å². The summed E-state index contributed by atoms with van der Waals surface area (Å²) in [6.45, 7) is 0.578. The highest BCUT2D eigenvalue weighted by Crippen LogP contribution is 2.32. The zero-order valence-corrected chi connectivity index (χ0v) is 14.7. The van der Waals surface area contributed by atoms with Crippen molar-refractivity contribution < 1.29 is 13.2 Å². The van der Waals surface area contributed by atoms with Gasteiger partial charge in [0.05, 0.1) is 11.8 Å². The average molecular weight is 394 g/mol. The molecule has 5 nitrogen and oxygen atoms in total. The van der Waals surface area contributed by atoms with Gasteiger partial charge in [-0.2, -0.15) is 18.2 Å². The Hall–Kier alpha value is -2.87. The van der Waals surface area contributed by atoms with E-state index in [2.05, 4.69) is 25.6 Å². The van der Waals surface area contributed by atoms with E-state index in [9.17, 15) is 13.2 Å². The molecular weight excluding hydrogens is 379 g/mol. The van der Waals surface area contributed by atoms with Gasteiger partial charge in [-0.1, -0.05) is 17.7 Å². The minimum atomic E-state index is -4.42. The molecule has 0 fully saturated rings. The van der Waals surface area contributed by atoms with Crippen LogP contribution in [0.15, 0.2) is 55.0 Å². The van der Waals surface area contributed by atoms with Crippen molar-refractivity contribution in [3.8, 4) is 0 Å². The predicted molar refractivity (Wildman–Crippen MR) is 98.2 cm³/mol. The Balaban J connectivity index is 1.68. The molecule has 2 N–H and O–H groups in total. The van der Waals surface area contributed by atoms with E-state index in [0.29, 0.717) is 12.5 Å². The van der Waals surface area contributed by atoms with E-state index in [1.807, 2.05) is 12.1 Å². The number of rotatable bonds is 6. The molecule has 0 unspecified atom stereocenters. The van der Waals surface area contributed by atoms with Crippen LogP contribution in [0.4, 0.5) is 30.6 Å². The number of aromatic nitrogens is 3. The van der Waals surface area contributed by atoms with Gasteiger partial charge in [-0.05, 0) is 42.3 Å². The zero-order chi connectivity index (χ0) is 19.3. The summed E-state index contributed by atoms with van der Waals surface area (Å²) in [6, 6.07) is 8.63. The Morgan fingerprint density at radius 2 is 1.85 bits per heavy atom. The van der Waals surface area contributed by atoms with Gasteiger partial charge < -0.3 is 10.6 Å². The lowest BCUT2D eigenvalue weighted by Crippen LogP contribution is -2.09. The van der Waals surface area contributed by atoms with Crippen LogP contribution in [-0.2, 0) is 12.6 Å². The second-order valence-electron chi connectivity index (χ2n) is 5.63. The maximum absolute atomic E-state index is 12.8. The van der Waals surface area contributed by atoms with Gasteiger partial charge >= 0.3 is 6.18 Å². The van der Waals surface area contributed by atoms with Crippen LogP contribution in [0.1, 0.15) is 11.1 Å². The Kier molecular flexibility index (Phi) is 5.75. The monoisotopic (exact) mass is 393 g/mol. The Labute approximate surface area is 158 Å². The number of benzene rings is 1. The fourth-order valence-corrected chi connectivity index (χ4v) is 2.46. The van der Waals surface area contributed by atoms with Crippen LogP contribution in [0, 0.1) is 0 Å². The highest BCUT2D eigenvalue weighted by Gasteiger charge is 2.30. The van der Waals surface area contributed by atoms with Gasteiger partial charge in [0.2, 0.25) is 5.95 Å². The van der Waals surface area contributed by atoms with E-state index in [-0.39, 0.29) is 16.5 Å². The molecule has 2 aromatic heterocycles. The first-order valence-corrected chi connectivity index (χ1v) is 8.39. The number of alkyl halides is 3. The number of hydrogen-bond acceptors (Lipinski definition) is 5. The van der Waals surface area contributed by atoms with E-state index in [1.54, 1.807) is 12.4 Å². The summed E-state index contributed by atoms with van der Waals surface area (Å²) < 4.78 is 38.5. The van der Waals surface area contributed by atoms with Crippen molar-refractivity contribution in [3.63, 3.8) is 0 Å². The summed E-state index contributed by atoms with van der Waals surface area (Å²) >= 11 is 6.06. The number of nitrogens with zero attached hydrogens (tertiary/aromatic N) is 3. The first kappa shape index (κ1) is 18.9. The summed E-state index contributed by atoms with van der Waals surface area (Å²) in [5, 5.41) is 6.06. The molecule has 3 aromatic rings. The van der Waals surface area contributed by atoms with Gasteiger partial charge in [0.1, 0.15) is 5.02 Å². The molecule has 0 aliphatic heterocycles. The smallest absolute Gasteiger partial charge is 0.354 e. The Bertz CT molecular complexity index is 903. The van der Waals surface area contributed by atoms with E-state index >= 15 is 0 Å². The quantitative estimate of drug-likeness (QED) is 0.621. The van der Waals surface area contributed by atoms with Crippen LogP contribution in [0.25, 0.3) is 0 Å². The van der Waals surface area contributed by atoms with Crippen molar-refractivity contribution in [1.29, 1.82) is 0 Å². The van der Waals surface area contributed by atoms with Crippen molar-refractivity contribution in [2.45, 2.75) is 12.6 Å². The summed E-state index contributed by atoms with van der Waals surface area (Å²) in [5.74, 6) is 0.542. The molecule has 9 heteroatoms. The number of halogens is 4. The maximum atomic E-state index is 12.8. The number of anilines is 3. The van der Waals surface area contributed by atoms with E-state index < -0.39 is 11.7 Å². The third-order valence-corrected chi connectivity index (χ3v) is 3.92. The fourth-order valence-electron chi connectivity index (χ4n) is 2.32. The normalized spacial score (nSPS) is 11.3. The molecule has 140 valence electrons. The van der Waals surface area contributed by atoms with Crippen molar-refractivity contribution in [2.75, 3.05) is 17.2 Å². The average Bonchev–Trinajstić information content (AvgIpc) is 2.65. The number of hydrogen-bond donors (Lipinski definition) is 2. The topological polar surface area (TPSA) is 62.7 Å². The van der Waals surface area contributed by atoms with Gasteiger partial charge in [0, 0.05) is 24.6 Å². The molecule has 0 aliphatic carbocycles. The predicted octanol–water partition coefficient (Wildman–Crippen LogP) is 4.94. The highest BCUT2D eigenvalue weighted by molar-refractivity contribution is 6.32. The van der Waals surface area contributed by atoms with Crippen LogP contribution >= 0.6 is 11.6 Å². The SMILES string of the molecule is FC(F)(F)c1cccc(Nc2nc(NCCc3ccncc3)ncc2Cl)c1. The third kappa shape index (κ3) is 5.30. The molecule has 0 saturated heterocycles. The van der Waals surface area contributed by atoms with Crippen LogP contribution in [0.2, 0.25) is 5.02 Å². The molecule has 0 atom stereocenters. The lowest BCUT2D eigenvalue weighted by molar-refractivity contribution is -0.137. The molecule has 27 heavy (non-hydrogen) atoms. The van der Waals surface area contributed by atoms with E-state index in [4.69, 9.17) is 11.6 Å². The molecule has 0 aliphatic rings. The first-order chi connectivity index (χ1) is 12.9. The van der Waals surface area contributed by atoms with Crippen molar-refractivity contribution in [1.82, 2.24) is 15.0 Å². The molecule has 0 radical (unpaired) electrons. The summed E-state index contributed by atoms with van der Waals surface area (Å²) in [7, 11) is 0. The Morgan fingerprint density at radius 3 is 2.59 bits per heavy atom. The Morgan fingerprint density at radius 1 is 1.07 bits per heavy atom. The second-order valence-corrected chi connectivity index (χ2v) is 6.03. The van der Waals surface area contributed by atoms with Crippen LogP contribution in [0.5, 0.6) is 0 Å². The van der Waals surface area contributed by atoms with Crippen LogP contribution in [-0.4, -0.2) is 21.5 Å². The third-order valence-electron chi connectivity index (χ3n) is 3.64. The number of pyridine rings is 1. The van der Waals surface area contributed by atoms with E-state index in [1.165, 1.54) is 18.3 Å². The van der Waals surface area contributed by atoms with Crippen LogP contribution in [0.3, 0.4) is 0 Å². The molecule has 2 heterocycles. The summed E-state index contributed by atoms with van der Waals surface area (Å²) in [6.07, 6.45) is 1.13. The molecule has 3 rings (SSSR count). The largest absolute Gasteiger partial charge is 0.416 e. The molecular formula is C18H15ClF3N5. The van der Waals surface area contributed by atoms with Gasteiger partial charge in [-0.25, -0.2) is 4.98 Å². The summed E-state index contributed by atoms with van der Waals surface area (Å²) in [4.78, 5) is 12.3. The van der Waals surface area contributed by atoms with Gasteiger partial charge in [-0.3, -0.25) is 4.98 Å². The minimum absolute atomic E-state index is 0.201. The molecule has 0 saturated carbocycles. The molecule has 1 aromatic carbocycles. The highest BCUT2D eigenvalue weighted by atomic mass is 35.5. The standard InChI is InChI=1S/C18H15ClF3N5/c19-15-11-25-17(24-9-6-12-4-7-23-8-5-12)27-16(15)26-14-3-1-2-13(10-14)18(20,21)22/h1-5,7-8,10-11H,6,9H2,(H2,24,25,26,27). The van der Waals surface area contributed by atoms with Crippen molar-refractivity contribution >= 4 is 29.1 Å². The van der Waals surface area contributed by atoms with Crippen LogP contribution < -0.4 is 10.6 Å². The van der Waals surface area contributed by atoms with Gasteiger partial charge in [0.25, 0.3) is 0 Å². The maximum Gasteiger partial charge on any atom is 0.416 e. The lowest BCUT2D eigenvalue weighted by Gasteiger charge is -2.12. The lowest BCUT2D eigenvalue weighted by atomic mass is 10.2. The van der Waals surface area contributed by atoms with Gasteiger partial charge in [0.15, 0.2) is 5.82 Å². The first-order valence-electron chi connectivity index (χ1n) is 8.01. The molecule has 0 amide bonds. The minimum Gasteiger partial charge on any atom is -0.354 e.